The number of amides is 1. The molecule has 1 atom stereocenters. The molecule has 0 bridgehead atoms. The lowest BCUT2D eigenvalue weighted by atomic mass is 10.0. The van der Waals surface area contributed by atoms with E-state index in [2.05, 4.69) is 5.10 Å². The molecule has 2 heterocycles. The summed E-state index contributed by atoms with van der Waals surface area (Å²) in [5, 5.41) is 4.45. The van der Waals surface area contributed by atoms with Gasteiger partial charge in [0.1, 0.15) is 5.82 Å². The lowest BCUT2D eigenvalue weighted by Crippen LogP contribution is -2.43. The first-order valence-corrected chi connectivity index (χ1v) is 8.29. The number of hydrogen-bond donors (Lipinski definition) is 0. The molecule has 1 aromatic heterocycles. The lowest BCUT2D eigenvalue weighted by Gasteiger charge is -2.35. The van der Waals surface area contributed by atoms with Gasteiger partial charge in [-0.15, -0.1) is 0 Å². The summed E-state index contributed by atoms with van der Waals surface area (Å²) in [6, 6.07) is 6.01. The number of carbonyl (C=O) groups is 1. The van der Waals surface area contributed by atoms with Crippen LogP contribution in [0.15, 0.2) is 30.3 Å². The van der Waals surface area contributed by atoms with Crippen molar-refractivity contribution in [1.82, 2.24) is 14.7 Å². The van der Waals surface area contributed by atoms with E-state index in [0.717, 1.165) is 17.0 Å². The highest BCUT2D eigenvalue weighted by molar-refractivity contribution is 5.92. The highest BCUT2D eigenvalue weighted by Gasteiger charge is 2.31. The maximum absolute atomic E-state index is 13.3. The van der Waals surface area contributed by atoms with Gasteiger partial charge in [0.25, 0.3) is 0 Å². The van der Waals surface area contributed by atoms with Crippen LogP contribution in [0.2, 0.25) is 0 Å². The van der Waals surface area contributed by atoms with Gasteiger partial charge < -0.3 is 9.64 Å². The Morgan fingerprint density at radius 2 is 2.20 bits per heavy atom. The van der Waals surface area contributed by atoms with E-state index in [0.29, 0.717) is 25.3 Å². The van der Waals surface area contributed by atoms with Crippen LogP contribution in [0.1, 0.15) is 28.6 Å². The Kier molecular flexibility index (Phi) is 4.99. The van der Waals surface area contributed by atoms with Crippen molar-refractivity contribution in [3.05, 3.63) is 58.7 Å². The number of nitrogens with zero attached hydrogens (tertiary/aromatic N) is 3. The molecule has 0 spiro atoms. The Labute approximate surface area is 146 Å². The van der Waals surface area contributed by atoms with Gasteiger partial charge in [-0.05, 0) is 37.6 Å². The summed E-state index contributed by atoms with van der Waals surface area (Å²) in [7, 11) is 1.89. The molecule has 1 amide bonds. The number of carbonyl (C=O) groups excluding carboxylic acids is 1. The van der Waals surface area contributed by atoms with Gasteiger partial charge in [0.15, 0.2) is 0 Å². The SMILES string of the molecule is Cc1nn(C)c(C)c1C1COCCN1C(=O)/C=C/c1cccc(F)c1. The molecule has 6 heteroatoms. The number of rotatable bonds is 3. The molecule has 2 aromatic rings. The molecule has 132 valence electrons. The van der Waals surface area contributed by atoms with Crippen LogP contribution in [0.5, 0.6) is 0 Å². The van der Waals surface area contributed by atoms with Gasteiger partial charge in [0, 0.05) is 30.9 Å². The number of ether oxygens (including phenoxy) is 1. The molecule has 1 saturated heterocycles. The van der Waals surface area contributed by atoms with E-state index in [1.165, 1.54) is 18.2 Å². The van der Waals surface area contributed by atoms with Crippen LogP contribution in [0.25, 0.3) is 6.08 Å². The highest BCUT2D eigenvalue weighted by Crippen LogP contribution is 2.29. The molecule has 1 aliphatic rings. The summed E-state index contributed by atoms with van der Waals surface area (Å²) < 4.78 is 20.7. The van der Waals surface area contributed by atoms with E-state index in [1.807, 2.05) is 25.6 Å². The number of aryl methyl sites for hydroxylation is 2. The minimum Gasteiger partial charge on any atom is -0.377 e. The maximum Gasteiger partial charge on any atom is 0.247 e. The molecule has 5 nitrogen and oxygen atoms in total. The first kappa shape index (κ1) is 17.4. The van der Waals surface area contributed by atoms with E-state index in [9.17, 15) is 9.18 Å². The number of morpholine rings is 1. The van der Waals surface area contributed by atoms with Crippen molar-refractivity contribution in [1.29, 1.82) is 0 Å². The zero-order chi connectivity index (χ0) is 18.0. The Morgan fingerprint density at radius 1 is 1.40 bits per heavy atom. The molecule has 0 radical (unpaired) electrons. The van der Waals surface area contributed by atoms with Crippen LogP contribution >= 0.6 is 0 Å². The highest BCUT2D eigenvalue weighted by atomic mass is 19.1. The monoisotopic (exact) mass is 343 g/mol. The predicted molar refractivity (Wildman–Crippen MR) is 93.4 cm³/mol. The fraction of sp³-hybridized carbons (Fsp3) is 0.368. The van der Waals surface area contributed by atoms with Crippen LogP contribution in [-0.2, 0) is 16.6 Å². The van der Waals surface area contributed by atoms with Gasteiger partial charge in [0.05, 0.1) is 24.9 Å². The maximum atomic E-state index is 13.3. The largest absolute Gasteiger partial charge is 0.377 e. The van der Waals surface area contributed by atoms with Crippen molar-refractivity contribution in [2.24, 2.45) is 7.05 Å². The Hall–Kier alpha value is -2.47. The fourth-order valence-corrected chi connectivity index (χ4v) is 3.25. The van der Waals surface area contributed by atoms with Crippen molar-refractivity contribution in [3.8, 4) is 0 Å². The molecule has 25 heavy (non-hydrogen) atoms. The summed E-state index contributed by atoms with van der Waals surface area (Å²) in [5.74, 6) is -0.430. The van der Waals surface area contributed by atoms with Crippen LogP contribution in [-0.4, -0.2) is 40.3 Å². The van der Waals surface area contributed by atoms with Gasteiger partial charge in [-0.25, -0.2) is 4.39 Å². The second kappa shape index (κ2) is 7.19. The lowest BCUT2D eigenvalue weighted by molar-refractivity contribution is -0.134. The van der Waals surface area contributed by atoms with Crippen LogP contribution in [0.4, 0.5) is 4.39 Å². The number of aromatic nitrogens is 2. The quantitative estimate of drug-likeness (QED) is 0.805. The van der Waals surface area contributed by atoms with Crippen molar-refractivity contribution >= 4 is 12.0 Å². The van der Waals surface area contributed by atoms with E-state index in [1.54, 1.807) is 23.1 Å². The molecule has 0 aliphatic carbocycles. The minimum absolute atomic E-state index is 0.111. The summed E-state index contributed by atoms with van der Waals surface area (Å²) in [5.41, 5.74) is 3.63. The van der Waals surface area contributed by atoms with Crippen molar-refractivity contribution in [3.63, 3.8) is 0 Å². The van der Waals surface area contributed by atoms with E-state index >= 15 is 0 Å². The Bertz CT molecular complexity index is 813. The van der Waals surface area contributed by atoms with Gasteiger partial charge in [-0.2, -0.15) is 5.10 Å². The smallest absolute Gasteiger partial charge is 0.247 e. The standard InChI is InChI=1S/C19H22FN3O2/c1-13-19(14(2)22(3)21-13)17-12-25-10-9-23(17)18(24)8-7-15-5-4-6-16(20)11-15/h4-8,11,17H,9-10,12H2,1-3H3/b8-7+. The van der Waals surface area contributed by atoms with Crippen molar-refractivity contribution < 1.29 is 13.9 Å². The molecule has 1 aliphatic heterocycles. The van der Waals surface area contributed by atoms with Crippen LogP contribution in [0, 0.1) is 19.7 Å². The normalized spacial score (nSPS) is 18.1. The summed E-state index contributed by atoms with van der Waals surface area (Å²) in [4.78, 5) is 14.5. The average molecular weight is 343 g/mol. The predicted octanol–water partition coefficient (Wildman–Crippen LogP) is 2.79. The summed E-state index contributed by atoms with van der Waals surface area (Å²) in [6.45, 7) is 5.42. The molecule has 1 aromatic carbocycles. The molecular formula is C19H22FN3O2. The Morgan fingerprint density at radius 3 is 2.88 bits per heavy atom. The number of halogens is 1. The molecule has 1 fully saturated rings. The average Bonchev–Trinajstić information content (AvgIpc) is 2.85. The first-order chi connectivity index (χ1) is 12.0. The summed E-state index contributed by atoms with van der Waals surface area (Å²) in [6.07, 6.45) is 3.13. The third-order valence-corrected chi connectivity index (χ3v) is 4.58. The van der Waals surface area contributed by atoms with E-state index in [-0.39, 0.29) is 17.8 Å². The number of benzene rings is 1. The molecule has 0 saturated carbocycles. The minimum atomic E-state index is -0.319. The van der Waals surface area contributed by atoms with Gasteiger partial charge >= 0.3 is 0 Å². The number of hydrogen-bond acceptors (Lipinski definition) is 3. The van der Waals surface area contributed by atoms with Crippen molar-refractivity contribution in [2.75, 3.05) is 19.8 Å². The molecule has 0 N–H and O–H groups in total. The molecule has 1 unspecified atom stereocenters. The van der Waals surface area contributed by atoms with Crippen LogP contribution in [0.3, 0.4) is 0 Å². The van der Waals surface area contributed by atoms with Crippen LogP contribution < -0.4 is 0 Å². The first-order valence-electron chi connectivity index (χ1n) is 8.29. The van der Waals surface area contributed by atoms with Gasteiger partial charge in [-0.1, -0.05) is 12.1 Å². The third-order valence-electron chi connectivity index (χ3n) is 4.58. The molecular weight excluding hydrogens is 321 g/mol. The van der Waals surface area contributed by atoms with E-state index < -0.39 is 0 Å². The van der Waals surface area contributed by atoms with Crippen molar-refractivity contribution in [2.45, 2.75) is 19.9 Å². The zero-order valence-electron chi connectivity index (χ0n) is 14.7. The van der Waals surface area contributed by atoms with Gasteiger partial charge in [0.2, 0.25) is 5.91 Å². The second-order valence-electron chi connectivity index (χ2n) is 6.22. The summed E-state index contributed by atoms with van der Waals surface area (Å²) >= 11 is 0. The van der Waals surface area contributed by atoms with Gasteiger partial charge in [-0.3, -0.25) is 9.48 Å². The van der Waals surface area contributed by atoms with E-state index in [4.69, 9.17) is 4.74 Å². The second-order valence-corrected chi connectivity index (χ2v) is 6.22. The fourth-order valence-electron chi connectivity index (χ4n) is 3.25. The topological polar surface area (TPSA) is 47.4 Å². The zero-order valence-corrected chi connectivity index (χ0v) is 14.7. The Balaban J connectivity index is 1.84. The third kappa shape index (κ3) is 3.64. The molecule has 3 rings (SSSR count).